The Balaban J connectivity index is 1.24. The molecule has 0 aromatic carbocycles. The molecule has 11 nitrogen and oxygen atoms in total. The van der Waals surface area contributed by atoms with Crippen molar-refractivity contribution in [1.29, 1.82) is 0 Å². The van der Waals surface area contributed by atoms with Gasteiger partial charge in [0.2, 0.25) is 17.7 Å². The van der Waals surface area contributed by atoms with Gasteiger partial charge in [-0.05, 0) is 6.92 Å². The zero-order valence-corrected chi connectivity index (χ0v) is 18.1. The molecular weight excluding hydrogens is 483 g/mol. The molecule has 4 heterocycles. The monoisotopic (exact) mass is 502 g/mol. The maximum atomic E-state index is 13.1. The lowest BCUT2D eigenvalue weighted by molar-refractivity contribution is -0.138. The average molecular weight is 502 g/mol. The van der Waals surface area contributed by atoms with E-state index in [4.69, 9.17) is 9.15 Å². The van der Waals surface area contributed by atoms with E-state index in [9.17, 15) is 26.7 Å². The molecule has 0 saturated carbocycles. The van der Waals surface area contributed by atoms with Crippen LogP contribution >= 0.6 is 0 Å². The van der Waals surface area contributed by atoms with Crippen LogP contribution < -0.4 is 15.8 Å². The predicted octanol–water partition coefficient (Wildman–Crippen LogP) is 2.52. The predicted molar refractivity (Wildman–Crippen MR) is 109 cm³/mol. The van der Waals surface area contributed by atoms with Gasteiger partial charge in [-0.2, -0.15) is 18.3 Å². The fourth-order valence-corrected chi connectivity index (χ4v) is 3.31. The zero-order valence-electron chi connectivity index (χ0n) is 18.1. The first-order valence-electron chi connectivity index (χ1n) is 10.3. The van der Waals surface area contributed by atoms with Crippen LogP contribution in [0, 0.1) is 0 Å². The van der Waals surface area contributed by atoms with Gasteiger partial charge in [-0.3, -0.25) is 4.79 Å². The highest BCUT2D eigenvalue weighted by Gasteiger charge is 2.37. The Hall–Kier alpha value is -3.69. The van der Waals surface area contributed by atoms with Gasteiger partial charge in [0.05, 0.1) is 30.0 Å². The molecule has 1 saturated heterocycles. The molecule has 1 atom stereocenters. The van der Waals surface area contributed by atoms with Gasteiger partial charge in [-0.15, -0.1) is 10.2 Å². The number of hydrogen-bond acceptors (Lipinski definition) is 10. The third kappa shape index (κ3) is 5.70. The Morgan fingerprint density at radius 2 is 1.94 bits per heavy atom. The summed E-state index contributed by atoms with van der Waals surface area (Å²) in [5, 5.41) is 15.6. The molecule has 0 aliphatic carbocycles. The first-order chi connectivity index (χ1) is 16.6. The molecular formula is C19H19F5N8O3. The van der Waals surface area contributed by atoms with Crippen LogP contribution in [-0.2, 0) is 17.5 Å². The minimum absolute atomic E-state index is 0.0229. The van der Waals surface area contributed by atoms with Crippen LogP contribution in [-0.4, -0.2) is 56.1 Å². The Morgan fingerprint density at radius 1 is 1.23 bits per heavy atom. The number of halogens is 5. The molecule has 0 radical (unpaired) electrons. The van der Waals surface area contributed by atoms with Crippen LogP contribution in [0.4, 0.5) is 33.6 Å². The van der Waals surface area contributed by atoms with Crippen molar-refractivity contribution in [2.75, 3.05) is 29.9 Å². The van der Waals surface area contributed by atoms with Crippen LogP contribution in [0.5, 0.6) is 0 Å². The molecule has 2 N–H and O–H groups in total. The fourth-order valence-electron chi connectivity index (χ4n) is 3.31. The van der Waals surface area contributed by atoms with Gasteiger partial charge < -0.3 is 19.4 Å². The summed E-state index contributed by atoms with van der Waals surface area (Å²) in [6.07, 6.45) is -4.45. The lowest BCUT2D eigenvalue weighted by atomic mass is 10.0. The van der Waals surface area contributed by atoms with Crippen LogP contribution in [0.2, 0.25) is 0 Å². The summed E-state index contributed by atoms with van der Waals surface area (Å²) in [7, 11) is 0. The molecule has 1 aliphatic rings. The first-order valence-corrected chi connectivity index (χ1v) is 10.3. The van der Waals surface area contributed by atoms with Crippen molar-refractivity contribution < 1.29 is 31.1 Å². The quantitative estimate of drug-likeness (QED) is 0.420. The molecule has 188 valence electrons. The number of aromatic nitrogens is 6. The molecule has 16 heteroatoms. The highest BCUT2D eigenvalue weighted by Crippen LogP contribution is 2.32. The summed E-state index contributed by atoms with van der Waals surface area (Å²) in [5.74, 6) is 0.760. The van der Waals surface area contributed by atoms with Crippen LogP contribution in [0.25, 0.3) is 0 Å². The maximum absolute atomic E-state index is 13.1. The molecule has 0 spiro atoms. The largest absolute Gasteiger partial charge is 0.423 e. The van der Waals surface area contributed by atoms with Crippen molar-refractivity contribution >= 4 is 11.6 Å². The van der Waals surface area contributed by atoms with Gasteiger partial charge in [0.1, 0.15) is 12.2 Å². The number of nitrogens with zero attached hydrogens (tertiary/aromatic N) is 6. The van der Waals surface area contributed by atoms with Gasteiger partial charge in [-0.1, -0.05) is 0 Å². The summed E-state index contributed by atoms with van der Waals surface area (Å²) in [5.41, 5.74) is -3.43. The van der Waals surface area contributed by atoms with E-state index in [-0.39, 0.29) is 30.6 Å². The van der Waals surface area contributed by atoms with E-state index in [0.29, 0.717) is 24.9 Å². The highest BCUT2D eigenvalue weighted by atomic mass is 19.4. The van der Waals surface area contributed by atoms with E-state index in [1.165, 1.54) is 0 Å². The molecule has 35 heavy (non-hydrogen) atoms. The van der Waals surface area contributed by atoms with Crippen LogP contribution in [0.15, 0.2) is 27.8 Å². The third-order valence-electron chi connectivity index (χ3n) is 5.04. The molecule has 0 amide bonds. The van der Waals surface area contributed by atoms with Crippen molar-refractivity contribution in [3.63, 3.8) is 0 Å². The topological polar surface area (TPSA) is 135 Å². The van der Waals surface area contributed by atoms with Crippen molar-refractivity contribution in [1.82, 2.24) is 30.4 Å². The van der Waals surface area contributed by atoms with Gasteiger partial charge in [0, 0.05) is 31.5 Å². The smallest absolute Gasteiger partial charge is 0.422 e. The molecule has 4 rings (SSSR count). The summed E-state index contributed by atoms with van der Waals surface area (Å²) in [6.45, 7) is 2.39. The number of aromatic amines is 1. The molecule has 1 fully saturated rings. The van der Waals surface area contributed by atoms with Gasteiger partial charge in [-0.25, -0.2) is 23.8 Å². The van der Waals surface area contributed by atoms with Crippen molar-refractivity contribution in [3.05, 3.63) is 51.9 Å². The number of ether oxygens (including phenoxy) is 1. The van der Waals surface area contributed by atoms with Gasteiger partial charge >= 0.3 is 6.18 Å². The van der Waals surface area contributed by atoms with Crippen molar-refractivity contribution in [2.45, 2.75) is 38.1 Å². The Morgan fingerprint density at radius 3 is 2.60 bits per heavy atom. The Bertz CT molecular complexity index is 1190. The summed E-state index contributed by atoms with van der Waals surface area (Å²) < 4.78 is 75.5. The molecule has 3 aromatic rings. The Labute approximate surface area is 193 Å². The second kappa shape index (κ2) is 9.89. The van der Waals surface area contributed by atoms with E-state index in [1.807, 2.05) is 0 Å². The second-order valence-electron chi connectivity index (χ2n) is 7.80. The summed E-state index contributed by atoms with van der Waals surface area (Å²) in [4.78, 5) is 21.1. The second-order valence-corrected chi connectivity index (χ2v) is 7.80. The highest BCUT2D eigenvalue weighted by molar-refractivity contribution is 5.50. The SMILES string of the molecule is CC(COCc1nnc(C2CN(c3ncc(C(F)F)cn3)C2)o1)Nc1cn[nH]c(=O)c1C(F)(F)F. The van der Waals surface area contributed by atoms with E-state index in [0.717, 1.165) is 18.6 Å². The minimum atomic E-state index is -4.85. The third-order valence-corrected chi connectivity index (χ3v) is 5.04. The average Bonchev–Trinajstić information content (AvgIpc) is 3.20. The number of nitrogens with one attached hydrogen (secondary N) is 2. The van der Waals surface area contributed by atoms with E-state index >= 15 is 0 Å². The lowest BCUT2D eigenvalue weighted by Gasteiger charge is -2.37. The number of H-pyrrole nitrogens is 1. The maximum Gasteiger partial charge on any atom is 0.423 e. The zero-order chi connectivity index (χ0) is 25.2. The van der Waals surface area contributed by atoms with E-state index < -0.39 is 35.5 Å². The van der Waals surface area contributed by atoms with Gasteiger partial charge in [0.15, 0.2) is 0 Å². The molecule has 3 aromatic heterocycles. The molecule has 0 bridgehead atoms. The summed E-state index contributed by atoms with van der Waals surface area (Å²) in [6, 6.07) is -0.598. The summed E-state index contributed by atoms with van der Waals surface area (Å²) >= 11 is 0. The number of alkyl halides is 5. The van der Waals surface area contributed by atoms with E-state index in [1.54, 1.807) is 16.9 Å². The number of anilines is 2. The standard InChI is InChI=1S/C19H19F5N8O3/c1-9(28-12-4-27-30-16(33)14(12)19(22,23)24)7-34-8-13-29-31-17(35-13)11-5-32(6-11)18-25-2-10(3-26-18)15(20)21/h2-4,9,11,15H,5-8H2,1H3,(H2,28,30,33). The normalized spacial score (nSPS) is 15.3. The van der Waals surface area contributed by atoms with Gasteiger partial charge in [0.25, 0.3) is 12.0 Å². The Kier molecular flexibility index (Phi) is 6.90. The first kappa shape index (κ1) is 24.4. The minimum Gasteiger partial charge on any atom is -0.422 e. The van der Waals surface area contributed by atoms with Crippen molar-refractivity contribution in [2.24, 2.45) is 0 Å². The molecule has 1 unspecified atom stereocenters. The number of rotatable bonds is 9. The van der Waals surface area contributed by atoms with Crippen molar-refractivity contribution in [3.8, 4) is 0 Å². The van der Waals surface area contributed by atoms with Crippen LogP contribution in [0.1, 0.15) is 42.2 Å². The van der Waals surface area contributed by atoms with E-state index in [2.05, 4.69) is 30.6 Å². The fraction of sp³-hybridized carbons (Fsp3) is 0.474. The number of hydrogen-bond donors (Lipinski definition) is 2. The van der Waals surface area contributed by atoms with Crippen LogP contribution in [0.3, 0.4) is 0 Å². The lowest BCUT2D eigenvalue weighted by Crippen LogP contribution is -2.46. The molecule has 1 aliphatic heterocycles.